The highest BCUT2D eigenvalue weighted by Crippen LogP contribution is 2.28. The minimum absolute atomic E-state index is 0. The molecule has 0 radical (unpaired) electrons. The first kappa shape index (κ1) is 17.9. The van der Waals surface area contributed by atoms with E-state index in [2.05, 4.69) is 18.0 Å². The van der Waals surface area contributed by atoms with Crippen LogP contribution in [0, 0.1) is 6.92 Å². The molecule has 0 bridgehead atoms. The predicted molar refractivity (Wildman–Crippen MR) is 97.3 cm³/mol. The van der Waals surface area contributed by atoms with Gasteiger partial charge in [-0.25, -0.2) is 4.98 Å². The summed E-state index contributed by atoms with van der Waals surface area (Å²) in [5.74, 6) is 0.0197. The van der Waals surface area contributed by atoms with Gasteiger partial charge in [0.2, 0.25) is 0 Å². The van der Waals surface area contributed by atoms with Crippen molar-refractivity contribution in [2.75, 3.05) is 13.1 Å². The fraction of sp³-hybridized carbons (Fsp3) is 0.412. The zero-order chi connectivity index (χ0) is 15.5. The molecule has 1 aliphatic rings. The Bertz CT molecular complexity index is 673. The molecule has 0 spiro atoms. The molecule has 1 aromatic heterocycles. The van der Waals surface area contributed by atoms with Gasteiger partial charge in [-0.15, -0.1) is 23.7 Å². The molecule has 0 saturated carbocycles. The number of aromatic nitrogens is 1. The molecule has 23 heavy (non-hydrogen) atoms. The van der Waals surface area contributed by atoms with E-state index in [9.17, 15) is 4.79 Å². The highest BCUT2D eigenvalue weighted by molar-refractivity contribution is 7.13. The van der Waals surface area contributed by atoms with Crippen LogP contribution < -0.4 is 5.73 Å². The highest BCUT2D eigenvalue weighted by atomic mass is 35.5. The van der Waals surface area contributed by atoms with Crippen LogP contribution in [0.4, 0.5) is 0 Å². The van der Waals surface area contributed by atoms with Crippen LogP contribution in [-0.4, -0.2) is 34.9 Å². The summed E-state index contributed by atoms with van der Waals surface area (Å²) in [5, 5.41) is 2.77. The van der Waals surface area contributed by atoms with E-state index in [0.29, 0.717) is 12.2 Å². The first-order valence-corrected chi connectivity index (χ1v) is 8.61. The summed E-state index contributed by atoms with van der Waals surface area (Å²) in [6, 6.07) is 8.28. The van der Waals surface area contributed by atoms with Gasteiger partial charge in [-0.3, -0.25) is 4.79 Å². The highest BCUT2D eigenvalue weighted by Gasteiger charge is 2.28. The molecule has 1 atom stereocenters. The van der Waals surface area contributed by atoms with Crippen molar-refractivity contribution in [3.8, 4) is 10.6 Å². The molecule has 1 fully saturated rings. The van der Waals surface area contributed by atoms with Crippen LogP contribution >= 0.6 is 23.7 Å². The average molecular weight is 352 g/mol. The van der Waals surface area contributed by atoms with E-state index < -0.39 is 0 Å². The largest absolute Gasteiger partial charge is 0.333 e. The molecule has 1 aliphatic heterocycles. The van der Waals surface area contributed by atoms with Crippen LogP contribution in [0.25, 0.3) is 10.6 Å². The first-order valence-electron chi connectivity index (χ1n) is 7.73. The van der Waals surface area contributed by atoms with E-state index in [1.165, 1.54) is 16.9 Å². The molecule has 1 unspecified atom stereocenters. The van der Waals surface area contributed by atoms with Gasteiger partial charge in [-0.2, -0.15) is 0 Å². The lowest BCUT2D eigenvalue weighted by atomic mass is 10.0. The van der Waals surface area contributed by atoms with Crippen LogP contribution in [0.1, 0.15) is 35.3 Å². The lowest BCUT2D eigenvalue weighted by Crippen LogP contribution is -2.47. The Kier molecular flexibility index (Phi) is 6.16. The molecule has 0 aliphatic carbocycles. The quantitative estimate of drug-likeness (QED) is 0.920. The zero-order valence-corrected chi connectivity index (χ0v) is 14.8. The number of amides is 1. The van der Waals surface area contributed by atoms with Crippen LogP contribution in [-0.2, 0) is 0 Å². The number of thiazole rings is 1. The van der Waals surface area contributed by atoms with E-state index in [4.69, 9.17) is 5.73 Å². The third-order valence-corrected chi connectivity index (χ3v) is 5.13. The number of carbonyl (C=O) groups excluding carboxylic acids is 1. The van der Waals surface area contributed by atoms with Gasteiger partial charge in [0.1, 0.15) is 10.7 Å². The molecule has 2 heterocycles. The van der Waals surface area contributed by atoms with Crippen molar-refractivity contribution in [3.05, 3.63) is 40.9 Å². The Morgan fingerprint density at radius 2 is 2.17 bits per heavy atom. The van der Waals surface area contributed by atoms with E-state index in [1.807, 2.05) is 28.5 Å². The third kappa shape index (κ3) is 3.74. The second-order valence-electron chi connectivity index (χ2n) is 5.74. The summed E-state index contributed by atoms with van der Waals surface area (Å²) in [6.07, 6.45) is 3.20. The van der Waals surface area contributed by atoms with Crippen molar-refractivity contribution in [2.45, 2.75) is 32.2 Å². The lowest BCUT2D eigenvalue weighted by Gasteiger charge is -2.34. The summed E-state index contributed by atoms with van der Waals surface area (Å²) in [4.78, 5) is 19.2. The molecule has 1 saturated heterocycles. The SMILES string of the molecule is Cc1ccccc1-c1nc(C(=O)N2CCCCC2CN)cs1.Cl. The number of piperidine rings is 1. The first-order chi connectivity index (χ1) is 10.7. The molecule has 124 valence electrons. The van der Waals surface area contributed by atoms with Gasteiger partial charge in [0.05, 0.1) is 0 Å². The van der Waals surface area contributed by atoms with Gasteiger partial charge in [0.25, 0.3) is 5.91 Å². The van der Waals surface area contributed by atoms with Crippen molar-refractivity contribution in [1.82, 2.24) is 9.88 Å². The summed E-state index contributed by atoms with van der Waals surface area (Å²) in [5.41, 5.74) is 8.63. The Labute approximate surface area is 147 Å². The average Bonchev–Trinajstić information content (AvgIpc) is 3.04. The number of nitrogens with two attached hydrogens (primary N) is 1. The maximum atomic E-state index is 12.7. The number of carbonyl (C=O) groups is 1. The number of likely N-dealkylation sites (tertiary alicyclic amines) is 1. The third-order valence-electron chi connectivity index (χ3n) is 4.26. The maximum absolute atomic E-state index is 12.7. The van der Waals surface area contributed by atoms with Crippen molar-refractivity contribution in [2.24, 2.45) is 5.73 Å². The number of aryl methyl sites for hydroxylation is 1. The summed E-state index contributed by atoms with van der Waals surface area (Å²) >= 11 is 1.53. The van der Waals surface area contributed by atoms with Gasteiger partial charge < -0.3 is 10.6 Å². The number of hydrogen-bond donors (Lipinski definition) is 1. The van der Waals surface area contributed by atoms with Crippen LogP contribution in [0.3, 0.4) is 0 Å². The summed E-state index contributed by atoms with van der Waals surface area (Å²) in [7, 11) is 0. The monoisotopic (exact) mass is 351 g/mol. The van der Waals surface area contributed by atoms with Crippen LogP contribution in [0.5, 0.6) is 0 Å². The number of benzene rings is 1. The number of nitrogens with zero attached hydrogens (tertiary/aromatic N) is 2. The molecule has 4 nitrogen and oxygen atoms in total. The summed E-state index contributed by atoms with van der Waals surface area (Å²) < 4.78 is 0. The molecule has 2 N–H and O–H groups in total. The number of hydrogen-bond acceptors (Lipinski definition) is 4. The maximum Gasteiger partial charge on any atom is 0.273 e. The topological polar surface area (TPSA) is 59.2 Å². The van der Waals surface area contributed by atoms with E-state index in [0.717, 1.165) is 36.4 Å². The normalized spacial score (nSPS) is 17.7. The van der Waals surface area contributed by atoms with Crippen molar-refractivity contribution < 1.29 is 4.79 Å². The Morgan fingerprint density at radius 1 is 1.39 bits per heavy atom. The smallest absolute Gasteiger partial charge is 0.273 e. The minimum atomic E-state index is 0. The summed E-state index contributed by atoms with van der Waals surface area (Å²) in [6.45, 7) is 3.38. The lowest BCUT2D eigenvalue weighted by molar-refractivity contribution is 0.0618. The Hall–Kier alpha value is -1.43. The molecule has 1 aromatic carbocycles. The van der Waals surface area contributed by atoms with Gasteiger partial charge in [0, 0.05) is 30.1 Å². The number of rotatable bonds is 3. The van der Waals surface area contributed by atoms with Crippen molar-refractivity contribution >= 4 is 29.7 Å². The van der Waals surface area contributed by atoms with Gasteiger partial charge in [-0.05, 0) is 31.7 Å². The second kappa shape index (κ2) is 7.90. The molecule has 1 amide bonds. The molecular formula is C17H22ClN3OS. The van der Waals surface area contributed by atoms with Crippen molar-refractivity contribution in [3.63, 3.8) is 0 Å². The van der Waals surface area contributed by atoms with Gasteiger partial charge in [0.15, 0.2) is 0 Å². The number of halogens is 1. The molecule has 2 aromatic rings. The Morgan fingerprint density at radius 3 is 2.91 bits per heavy atom. The van der Waals surface area contributed by atoms with Crippen LogP contribution in [0.15, 0.2) is 29.6 Å². The van der Waals surface area contributed by atoms with Gasteiger partial charge in [-0.1, -0.05) is 24.3 Å². The fourth-order valence-electron chi connectivity index (χ4n) is 2.97. The molecular weight excluding hydrogens is 330 g/mol. The van der Waals surface area contributed by atoms with Gasteiger partial charge >= 0.3 is 0 Å². The van der Waals surface area contributed by atoms with E-state index in [1.54, 1.807) is 0 Å². The predicted octanol–water partition coefficient (Wildman–Crippen LogP) is 3.49. The Balaban J connectivity index is 0.00000192. The van der Waals surface area contributed by atoms with E-state index in [-0.39, 0.29) is 24.4 Å². The fourth-order valence-corrected chi connectivity index (χ4v) is 3.85. The molecule has 6 heteroatoms. The zero-order valence-electron chi connectivity index (χ0n) is 13.2. The van der Waals surface area contributed by atoms with E-state index >= 15 is 0 Å². The minimum Gasteiger partial charge on any atom is -0.333 e. The molecule has 3 rings (SSSR count). The van der Waals surface area contributed by atoms with Crippen LogP contribution in [0.2, 0.25) is 0 Å². The van der Waals surface area contributed by atoms with Crippen molar-refractivity contribution in [1.29, 1.82) is 0 Å². The standard InChI is InChI=1S/C17H21N3OS.ClH/c1-12-6-2-3-8-14(12)16-19-15(11-22-16)17(21)20-9-5-4-7-13(20)10-18;/h2-3,6,8,11,13H,4-5,7,9-10,18H2,1H3;1H. The second-order valence-corrected chi connectivity index (χ2v) is 6.59.